The van der Waals surface area contributed by atoms with E-state index in [1.54, 1.807) is 6.92 Å². The Morgan fingerprint density at radius 1 is 1.42 bits per heavy atom. The molecule has 6 nitrogen and oxygen atoms in total. The van der Waals surface area contributed by atoms with Crippen molar-refractivity contribution < 1.29 is 4.79 Å². The number of aromatic nitrogens is 2. The summed E-state index contributed by atoms with van der Waals surface area (Å²) in [6.07, 6.45) is 3.67. The van der Waals surface area contributed by atoms with Gasteiger partial charge in [-0.2, -0.15) is 5.10 Å². The summed E-state index contributed by atoms with van der Waals surface area (Å²) in [5, 5.41) is 9.36. The molecule has 104 valence electrons. The lowest BCUT2D eigenvalue weighted by atomic mass is 9.88. The lowest BCUT2D eigenvalue weighted by Crippen LogP contribution is -2.34. The highest BCUT2D eigenvalue weighted by Crippen LogP contribution is 2.25. The van der Waals surface area contributed by atoms with E-state index in [2.05, 4.69) is 15.5 Å². The van der Waals surface area contributed by atoms with Gasteiger partial charge in [0.15, 0.2) is 0 Å². The molecule has 0 aromatic carbocycles. The number of rotatable bonds is 4. The van der Waals surface area contributed by atoms with E-state index < -0.39 is 0 Å². The van der Waals surface area contributed by atoms with Crippen LogP contribution in [0, 0.1) is 0 Å². The highest BCUT2D eigenvalue weighted by Gasteiger charge is 2.24. The highest BCUT2D eigenvalue weighted by molar-refractivity contribution is 5.83. The molecule has 1 aromatic rings. The summed E-state index contributed by atoms with van der Waals surface area (Å²) in [6.45, 7) is 2.67. The predicted molar refractivity (Wildman–Crippen MR) is 72.0 cm³/mol. The lowest BCUT2D eigenvalue weighted by molar-refractivity contribution is -0.122. The van der Waals surface area contributed by atoms with Crippen LogP contribution in [-0.4, -0.2) is 29.2 Å². The highest BCUT2D eigenvalue weighted by atomic mass is 16.2. The number of aromatic amines is 1. The molecule has 6 heteroatoms. The summed E-state index contributed by atoms with van der Waals surface area (Å²) in [5.74, 6) is -0.465. The minimum atomic E-state index is -0.366. The number of nitrogens with zero attached hydrogens (tertiary/aromatic N) is 1. The Hall–Kier alpha value is -1.69. The van der Waals surface area contributed by atoms with Gasteiger partial charge < -0.3 is 11.1 Å². The van der Waals surface area contributed by atoms with Gasteiger partial charge in [-0.05, 0) is 38.2 Å². The van der Waals surface area contributed by atoms with Crippen LogP contribution in [0.15, 0.2) is 4.79 Å². The van der Waals surface area contributed by atoms with E-state index in [9.17, 15) is 9.59 Å². The van der Waals surface area contributed by atoms with Crippen LogP contribution < -0.4 is 16.6 Å². The predicted octanol–water partition coefficient (Wildman–Crippen LogP) is -0.173. The van der Waals surface area contributed by atoms with E-state index in [4.69, 9.17) is 5.73 Å². The van der Waals surface area contributed by atoms with E-state index in [1.165, 1.54) is 0 Å². The Morgan fingerprint density at radius 2 is 2.11 bits per heavy atom. The summed E-state index contributed by atoms with van der Waals surface area (Å²) >= 11 is 0. The molecular formula is C13H20N4O2. The van der Waals surface area contributed by atoms with E-state index in [1.807, 2.05) is 0 Å². The number of nitrogens with one attached hydrogen (secondary N) is 2. The Kier molecular flexibility index (Phi) is 4.31. The quantitative estimate of drug-likeness (QED) is 0.702. The van der Waals surface area contributed by atoms with Gasteiger partial charge in [-0.25, -0.2) is 5.10 Å². The van der Waals surface area contributed by atoms with Crippen LogP contribution in [0.4, 0.5) is 0 Å². The van der Waals surface area contributed by atoms with Gasteiger partial charge in [0.05, 0.1) is 11.6 Å². The van der Waals surface area contributed by atoms with Crippen LogP contribution in [0.1, 0.15) is 42.5 Å². The second kappa shape index (κ2) is 5.97. The molecule has 0 fully saturated rings. The number of amides is 1. The van der Waals surface area contributed by atoms with Gasteiger partial charge in [0.2, 0.25) is 5.91 Å². The van der Waals surface area contributed by atoms with Crippen molar-refractivity contribution in [2.45, 2.75) is 38.5 Å². The van der Waals surface area contributed by atoms with Gasteiger partial charge in [0, 0.05) is 18.7 Å². The Labute approximate surface area is 111 Å². The Bertz CT molecular complexity index is 524. The van der Waals surface area contributed by atoms with Crippen molar-refractivity contribution in [1.29, 1.82) is 0 Å². The molecule has 0 saturated heterocycles. The molecule has 1 aliphatic rings. The SMILES string of the molecule is CC(C(=O)NCCN)c1n[nH]c(=O)c2c1CCCC2. The van der Waals surface area contributed by atoms with Crippen LogP contribution in [0.25, 0.3) is 0 Å². The van der Waals surface area contributed by atoms with Gasteiger partial charge in [0.25, 0.3) is 5.56 Å². The fourth-order valence-corrected chi connectivity index (χ4v) is 2.52. The van der Waals surface area contributed by atoms with Crippen LogP contribution in [0.3, 0.4) is 0 Å². The molecule has 0 spiro atoms. The molecule has 19 heavy (non-hydrogen) atoms. The third-order valence-corrected chi connectivity index (χ3v) is 3.58. The first-order valence-electron chi connectivity index (χ1n) is 6.73. The van der Waals surface area contributed by atoms with Gasteiger partial charge >= 0.3 is 0 Å². The van der Waals surface area contributed by atoms with Crippen LogP contribution in [-0.2, 0) is 17.6 Å². The maximum atomic E-state index is 12.0. The Balaban J connectivity index is 2.29. The number of hydrogen-bond acceptors (Lipinski definition) is 4. The third kappa shape index (κ3) is 2.84. The molecule has 1 unspecified atom stereocenters. The fourth-order valence-electron chi connectivity index (χ4n) is 2.52. The summed E-state index contributed by atoms with van der Waals surface area (Å²) in [4.78, 5) is 23.7. The largest absolute Gasteiger partial charge is 0.354 e. The molecule has 1 heterocycles. The van der Waals surface area contributed by atoms with E-state index in [0.29, 0.717) is 18.8 Å². The van der Waals surface area contributed by atoms with E-state index in [0.717, 1.165) is 36.8 Å². The van der Waals surface area contributed by atoms with Crippen molar-refractivity contribution in [3.63, 3.8) is 0 Å². The minimum Gasteiger partial charge on any atom is -0.354 e. The summed E-state index contributed by atoms with van der Waals surface area (Å²) in [7, 11) is 0. The molecule has 1 amide bonds. The lowest BCUT2D eigenvalue weighted by Gasteiger charge is -2.20. The second-order valence-corrected chi connectivity index (χ2v) is 4.90. The van der Waals surface area contributed by atoms with E-state index in [-0.39, 0.29) is 17.4 Å². The number of carbonyl (C=O) groups is 1. The molecular weight excluding hydrogens is 244 g/mol. The normalized spacial score (nSPS) is 15.7. The average molecular weight is 264 g/mol. The molecule has 4 N–H and O–H groups in total. The second-order valence-electron chi connectivity index (χ2n) is 4.90. The third-order valence-electron chi connectivity index (χ3n) is 3.58. The minimum absolute atomic E-state index is 0.0993. The maximum Gasteiger partial charge on any atom is 0.267 e. The maximum absolute atomic E-state index is 12.0. The zero-order valence-corrected chi connectivity index (χ0v) is 11.2. The summed E-state index contributed by atoms with van der Waals surface area (Å²) < 4.78 is 0. The molecule has 1 atom stereocenters. The average Bonchev–Trinajstić information content (AvgIpc) is 2.45. The first kappa shape index (κ1) is 13.7. The van der Waals surface area contributed by atoms with Gasteiger partial charge in [-0.1, -0.05) is 0 Å². The van der Waals surface area contributed by atoms with Crippen molar-refractivity contribution in [1.82, 2.24) is 15.5 Å². The van der Waals surface area contributed by atoms with Crippen molar-refractivity contribution in [2.75, 3.05) is 13.1 Å². The molecule has 1 aliphatic carbocycles. The molecule has 0 bridgehead atoms. The van der Waals surface area contributed by atoms with E-state index >= 15 is 0 Å². The number of fused-ring (bicyclic) bond motifs is 1. The van der Waals surface area contributed by atoms with Crippen LogP contribution in [0.2, 0.25) is 0 Å². The topological polar surface area (TPSA) is 101 Å². The van der Waals surface area contributed by atoms with Gasteiger partial charge in [0.1, 0.15) is 0 Å². The Morgan fingerprint density at radius 3 is 2.79 bits per heavy atom. The summed E-state index contributed by atoms with van der Waals surface area (Å²) in [5.41, 5.74) is 7.71. The first-order valence-corrected chi connectivity index (χ1v) is 6.73. The zero-order chi connectivity index (χ0) is 13.8. The number of carbonyl (C=O) groups excluding carboxylic acids is 1. The number of hydrogen-bond donors (Lipinski definition) is 3. The van der Waals surface area contributed by atoms with Crippen molar-refractivity contribution in [2.24, 2.45) is 5.73 Å². The zero-order valence-electron chi connectivity index (χ0n) is 11.2. The monoisotopic (exact) mass is 264 g/mol. The molecule has 2 rings (SSSR count). The fraction of sp³-hybridized carbons (Fsp3) is 0.615. The van der Waals surface area contributed by atoms with Crippen molar-refractivity contribution >= 4 is 5.91 Å². The summed E-state index contributed by atoms with van der Waals surface area (Å²) in [6, 6.07) is 0. The number of H-pyrrole nitrogens is 1. The van der Waals surface area contributed by atoms with Crippen LogP contribution >= 0.6 is 0 Å². The standard InChI is InChI=1S/C13H20N4O2/c1-8(12(18)15-7-6-14)11-9-4-2-3-5-10(9)13(19)17-16-11/h8H,2-7,14H2,1H3,(H,15,18)(H,17,19). The molecule has 1 aromatic heterocycles. The van der Waals surface area contributed by atoms with Crippen molar-refractivity contribution in [3.8, 4) is 0 Å². The first-order chi connectivity index (χ1) is 9.15. The molecule has 0 aliphatic heterocycles. The molecule has 0 saturated carbocycles. The van der Waals surface area contributed by atoms with Crippen LogP contribution in [0.5, 0.6) is 0 Å². The van der Waals surface area contributed by atoms with Gasteiger partial charge in [-0.3, -0.25) is 9.59 Å². The number of nitrogens with two attached hydrogens (primary N) is 1. The van der Waals surface area contributed by atoms with Gasteiger partial charge in [-0.15, -0.1) is 0 Å². The van der Waals surface area contributed by atoms with Crippen molar-refractivity contribution in [3.05, 3.63) is 27.2 Å². The molecule has 0 radical (unpaired) electrons. The smallest absolute Gasteiger partial charge is 0.267 e.